The highest BCUT2D eigenvalue weighted by Gasteiger charge is 2.09. The summed E-state index contributed by atoms with van der Waals surface area (Å²) in [5, 5.41) is 7.16. The Morgan fingerprint density at radius 3 is 2.31 bits per heavy atom. The van der Waals surface area contributed by atoms with E-state index < -0.39 is 5.97 Å². The molecule has 1 aromatic heterocycles. The highest BCUT2D eigenvalue weighted by molar-refractivity contribution is 6.39. The molecule has 2 N–H and O–H groups in total. The molecule has 0 amide bonds. The average Bonchev–Trinajstić information content (AvgIpc) is 2.65. The summed E-state index contributed by atoms with van der Waals surface area (Å²) in [6, 6.07) is 13.8. The van der Waals surface area contributed by atoms with Crippen molar-refractivity contribution in [1.29, 1.82) is 0 Å². The number of nitrogens with zero attached hydrogens (tertiary/aromatic N) is 2. The van der Waals surface area contributed by atoms with E-state index in [1.807, 2.05) is 6.07 Å². The third-order valence-corrected chi connectivity index (χ3v) is 4.07. The monoisotopic (exact) mass is 388 g/mol. The summed E-state index contributed by atoms with van der Waals surface area (Å²) >= 11 is 12.3. The van der Waals surface area contributed by atoms with E-state index in [4.69, 9.17) is 27.9 Å². The summed E-state index contributed by atoms with van der Waals surface area (Å²) in [6.45, 7) is 0. The molecule has 132 valence electrons. The highest BCUT2D eigenvalue weighted by Crippen LogP contribution is 2.32. The Labute approximate surface area is 160 Å². The summed E-state index contributed by atoms with van der Waals surface area (Å²) in [5.41, 5.74) is 1.69. The average molecular weight is 389 g/mol. The smallest absolute Gasteiger partial charge is 0.337 e. The van der Waals surface area contributed by atoms with Crippen LogP contribution in [0.25, 0.3) is 0 Å². The minimum absolute atomic E-state index is 0.410. The predicted molar refractivity (Wildman–Crippen MR) is 103 cm³/mol. The van der Waals surface area contributed by atoms with E-state index in [0.717, 1.165) is 0 Å². The molecule has 0 saturated carbocycles. The first-order valence-electron chi connectivity index (χ1n) is 7.55. The number of hydrogen-bond donors (Lipinski definition) is 2. The minimum atomic E-state index is -0.410. The number of benzene rings is 2. The van der Waals surface area contributed by atoms with Crippen molar-refractivity contribution >= 4 is 52.2 Å². The third-order valence-electron chi connectivity index (χ3n) is 3.44. The van der Waals surface area contributed by atoms with Crippen LogP contribution in [0.2, 0.25) is 10.0 Å². The van der Waals surface area contributed by atoms with Crippen LogP contribution in [0.5, 0.6) is 0 Å². The van der Waals surface area contributed by atoms with Gasteiger partial charge >= 0.3 is 5.97 Å². The zero-order valence-electron chi connectivity index (χ0n) is 13.7. The van der Waals surface area contributed by atoms with Gasteiger partial charge in [-0.1, -0.05) is 35.3 Å². The number of nitrogens with one attached hydrogen (secondary N) is 2. The normalized spacial score (nSPS) is 10.3. The molecule has 3 rings (SSSR count). The van der Waals surface area contributed by atoms with Gasteiger partial charge in [-0.25, -0.2) is 14.8 Å². The molecule has 0 bridgehead atoms. The largest absolute Gasteiger partial charge is 0.465 e. The van der Waals surface area contributed by atoms with Gasteiger partial charge in [-0.15, -0.1) is 0 Å². The van der Waals surface area contributed by atoms with E-state index in [0.29, 0.717) is 38.6 Å². The van der Waals surface area contributed by atoms with Gasteiger partial charge in [0.25, 0.3) is 0 Å². The molecule has 0 aliphatic heterocycles. The van der Waals surface area contributed by atoms with Crippen LogP contribution < -0.4 is 10.6 Å². The summed E-state index contributed by atoms with van der Waals surface area (Å²) in [7, 11) is 1.34. The molecule has 0 spiro atoms. The van der Waals surface area contributed by atoms with Gasteiger partial charge in [-0.05, 0) is 30.3 Å². The van der Waals surface area contributed by atoms with Crippen LogP contribution in [0.15, 0.2) is 54.9 Å². The summed E-state index contributed by atoms with van der Waals surface area (Å²) in [6.07, 6.45) is 1.40. The number of para-hydroxylation sites is 1. The predicted octanol–water partition coefficient (Wildman–Crippen LogP) is 5.06. The number of aromatic nitrogens is 2. The van der Waals surface area contributed by atoms with Crippen molar-refractivity contribution in [3.63, 3.8) is 0 Å². The van der Waals surface area contributed by atoms with Gasteiger partial charge in [0.2, 0.25) is 0 Å². The van der Waals surface area contributed by atoms with Crippen LogP contribution >= 0.6 is 23.2 Å². The van der Waals surface area contributed by atoms with Crippen LogP contribution in [0.1, 0.15) is 10.4 Å². The maximum atomic E-state index is 11.6. The van der Waals surface area contributed by atoms with Crippen LogP contribution in [0, 0.1) is 0 Å². The molecule has 0 aliphatic rings. The second kappa shape index (κ2) is 8.03. The number of methoxy groups -OCH3 is 1. The molecule has 6 nitrogen and oxygen atoms in total. The molecule has 26 heavy (non-hydrogen) atoms. The first kappa shape index (κ1) is 18.0. The van der Waals surface area contributed by atoms with Crippen molar-refractivity contribution < 1.29 is 9.53 Å². The minimum Gasteiger partial charge on any atom is -0.465 e. The molecule has 3 aromatic rings. The Bertz CT molecular complexity index is 930. The third kappa shape index (κ3) is 4.22. The van der Waals surface area contributed by atoms with Gasteiger partial charge < -0.3 is 15.4 Å². The molecular formula is C18H14Cl2N4O2. The van der Waals surface area contributed by atoms with Crippen molar-refractivity contribution in [2.45, 2.75) is 0 Å². The number of ether oxygens (including phenoxy) is 1. The van der Waals surface area contributed by atoms with E-state index in [-0.39, 0.29) is 0 Å². The Balaban J connectivity index is 1.81. The van der Waals surface area contributed by atoms with E-state index in [1.54, 1.807) is 42.5 Å². The number of halogens is 2. The lowest BCUT2D eigenvalue weighted by Crippen LogP contribution is -2.03. The maximum Gasteiger partial charge on any atom is 0.337 e. The topological polar surface area (TPSA) is 76.1 Å². The van der Waals surface area contributed by atoms with Crippen LogP contribution in [-0.2, 0) is 4.74 Å². The second-order valence-corrected chi connectivity index (χ2v) is 6.02. The number of anilines is 4. The Kier molecular flexibility index (Phi) is 5.55. The molecule has 0 atom stereocenters. The van der Waals surface area contributed by atoms with E-state index in [9.17, 15) is 4.79 Å². The molecule has 2 aromatic carbocycles. The van der Waals surface area contributed by atoms with Gasteiger partial charge in [-0.3, -0.25) is 0 Å². The van der Waals surface area contributed by atoms with Crippen LogP contribution in [0.3, 0.4) is 0 Å². The van der Waals surface area contributed by atoms with Crippen molar-refractivity contribution in [2.24, 2.45) is 0 Å². The number of carbonyl (C=O) groups excluding carboxylic acids is 1. The van der Waals surface area contributed by atoms with Gasteiger partial charge in [0.1, 0.15) is 18.0 Å². The first-order valence-corrected chi connectivity index (χ1v) is 8.31. The van der Waals surface area contributed by atoms with Crippen molar-refractivity contribution in [3.8, 4) is 0 Å². The van der Waals surface area contributed by atoms with E-state index in [1.165, 1.54) is 13.4 Å². The van der Waals surface area contributed by atoms with Crippen LogP contribution in [0.4, 0.5) is 23.0 Å². The molecule has 8 heteroatoms. The quantitative estimate of drug-likeness (QED) is 0.595. The molecule has 0 aliphatic carbocycles. The lowest BCUT2D eigenvalue weighted by atomic mass is 10.2. The number of rotatable bonds is 5. The lowest BCUT2D eigenvalue weighted by Gasteiger charge is -2.11. The number of esters is 1. The number of carbonyl (C=O) groups is 1. The maximum absolute atomic E-state index is 11.6. The van der Waals surface area contributed by atoms with Crippen molar-refractivity contribution in [3.05, 3.63) is 70.5 Å². The molecule has 0 unspecified atom stereocenters. The van der Waals surface area contributed by atoms with Crippen molar-refractivity contribution in [2.75, 3.05) is 17.7 Å². The van der Waals surface area contributed by atoms with Gasteiger partial charge in [0.15, 0.2) is 0 Å². The van der Waals surface area contributed by atoms with Gasteiger partial charge in [-0.2, -0.15) is 0 Å². The van der Waals surface area contributed by atoms with Crippen LogP contribution in [-0.4, -0.2) is 23.0 Å². The second-order valence-electron chi connectivity index (χ2n) is 5.21. The van der Waals surface area contributed by atoms with E-state index in [2.05, 4.69) is 20.6 Å². The Morgan fingerprint density at radius 1 is 0.962 bits per heavy atom. The molecule has 0 radical (unpaired) electrons. The Morgan fingerprint density at radius 2 is 1.62 bits per heavy atom. The van der Waals surface area contributed by atoms with E-state index >= 15 is 0 Å². The Hall–Kier alpha value is -2.83. The molecular weight excluding hydrogens is 375 g/mol. The summed E-state index contributed by atoms with van der Waals surface area (Å²) in [4.78, 5) is 20.0. The van der Waals surface area contributed by atoms with Crippen molar-refractivity contribution in [1.82, 2.24) is 9.97 Å². The summed E-state index contributed by atoms with van der Waals surface area (Å²) in [5.74, 6) is 0.640. The lowest BCUT2D eigenvalue weighted by molar-refractivity contribution is 0.0601. The SMILES string of the molecule is COC(=O)c1cccc(Nc2cc(Nc3c(Cl)cccc3Cl)ncn2)c1. The highest BCUT2D eigenvalue weighted by atomic mass is 35.5. The fourth-order valence-corrected chi connectivity index (χ4v) is 2.72. The fourth-order valence-electron chi connectivity index (χ4n) is 2.23. The summed E-state index contributed by atoms with van der Waals surface area (Å²) < 4.78 is 4.72. The standard InChI is InChI=1S/C18H14Cl2N4O2/c1-26-18(25)11-4-2-5-12(8-11)23-15-9-16(22-10-21-15)24-17-13(19)6-3-7-14(17)20/h2-10H,1H3,(H2,21,22,23,24). The number of hydrogen-bond acceptors (Lipinski definition) is 6. The zero-order valence-corrected chi connectivity index (χ0v) is 15.2. The molecule has 1 heterocycles. The zero-order chi connectivity index (χ0) is 18.5. The van der Waals surface area contributed by atoms with Gasteiger partial charge in [0.05, 0.1) is 28.4 Å². The molecule has 0 saturated heterocycles. The fraction of sp³-hybridized carbons (Fsp3) is 0.0556. The van der Waals surface area contributed by atoms with Gasteiger partial charge in [0, 0.05) is 11.8 Å². The molecule has 0 fully saturated rings. The first-order chi connectivity index (χ1) is 12.6.